The lowest BCUT2D eigenvalue weighted by molar-refractivity contribution is -0.144. The third-order valence-corrected chi connectivity index (χ3v) is 3.58. The summed E-state index contributed by atoms with van der Waals surface area (Å²) in [6.45, 7) is 0.690. The topological polar surface area (TPSA) is 26.3 Å². The monoisotopic (exact) mass is 196 g/mol. The zero-order valence-corrected chi connectivity index (χ0v) is 8.84. The zero-order chi connectivity index (χ0) is 9.80. The summed E-state index contributed by atoms with van der Waals surface area (Å²) in [5.41, 5.74) is 0. The van der Waals surface area contributed by atoms with E-state index in [2.05, 4.69) is 0 Å². The number of carbonyl (C=O) groups is 1. The van der Waals surface area contributed by atoms with Crippen LogP contribution in [0.2, 0.25) is 0 Å². The van der Waals surface area contributed by atoms with Crippen LogP contribution < -0.4 is 0 Å². The highest BCUT2D eigenvalue weighted by Gasteiger charge is 2.25. The van der Waals surface area contributed by atoms with Gasteiger partial charge in [-0.1, -0.05) is 25.7 Å². The number of cyclic esters (lactones) is 1. The molecule has 2 rings (SSSR count). The molecule has 1 saturated carbocycles. The van der Waals surface area contributed by atoms with E-state index in [0.717, 1.165) is 0 Å². The van der Waals surface area contributed by atoms with Gasteiger partial charge in [0.25, 0.3) is 0 Å². The van der Waals surface area contributed by atoms with Crippen LogP contribution in [0.4, 0.5) is 0 Å². The lowest BCUT2D eigenvalue weighted by atomic mass is 9.89. The summed E-state index contributed by atoms with van der Waals surface area (Å²) < 4.78 is 5.23. The molecule has 0 amide bonds. The molecule has 2 unspecified atom stereocenters. The van der Waals surface area contributed by atoms with E-state index in [1.165, 1.54) is 44.9 Å². The molecule has 0 aromatic rings. The number of carbonyl (C=O) groups excluding carboxylic acids is 1. The van der Waals surface area contributed by atoms with Crippen LogP contribution in [-0.2, 0) is 9.53 Å². The van der Waals surface area contributed by atoms with Crippen LogP contribution in [0.1, 0.15) is 51.4 Å². The highest BCUT2D eigenvalue weighted by atomic mass is 16.5. The number of hydrogen-bond acceptors (Lipinski definition) is 2. The molecule has 14 heavy (non-hydrogen) atoms. The highest BCUT2D eigenvalue weighted by molar-refractivity contribution is 5.69. The summed E-state index contributed by atoms with van der Waals surface area (Å²) in [4.78, 5) is 11.3. The number of ether oxygens (including phenoxy) is 1. The zero-order valence-electron chi connectivity index (χ0n) is 8.84. The summed E-state index contributed by atoms with van der Waals surface area (Å²) >= 11 is 0. The van der Waals surface area contributed by atoms with Crippen LogP contribution in [0.15, 0.2) is 0 Å². The minimum absolute atomic E-state index is 0.0399. The molecule has 80 valence electrons. The molecule has 2 aliphatic rings. The highest BCUT2D eigenvalue weighted by Crippen LogP contribution is 2.30. The molecule has 0 spiro atoms. The van der Waals surface area contributed by atoms with Crippen LogP contribution >= 0.6 is 0 Å². The van der Waals surface area contributed by atoms with Gasteiger partial charge in [0, 0.05) is 6.42 Å². The van der Waals surface area contributed by atoms with E-state index in [0.29, 0.717) is 24.9 Å². The van der Waals surface area contributed by atoms with Crippen molar-refractivity contribution in [1.82, 2.24) is 0 Å². The van der Waals surface area contributed by atoms with Crippen LogP contribution in [0.5, 0.6) is 0 Å². The van der Waals surface area contributed by atoms with E-state index >= 15 is 0 Å². The Morgan fingerprint density at radius 1 is 1.00 bits per heavy atom. The van der Waals surface area contributed by atoms with Crippen molar-refractivity contribution in [3.63, 3.8) is 0 Å². The van der Waals surface area contributed by atoms with Crippen molar-refractivity contribution < 1.29 is 9.53 Å². The van der Waals surface area contributed by atoms with Crippen molar-refractivity contribution in [2.75, 3.05) is 6.61 Å². The molecular formula is C12H20O2. The Bertz CT molecular complexity index is 200. The van der Waals surface area contributed by atoms with E-state index in [1.54, 1.807) is 0 Å². The Balaban J connectivity index is 1.98. The van der Waals surface area contributed by atoms with Crippen LogP contribution in [0.3, 0.4) is 0 Å². The molecular weight excluding hydrogens is 176 g/mol. The molecule has 0 aromatic carbocycles. The quantitative estimate of drug-likeness (QED) is 0.557. The summed E-state index contributed by atoms with van der Waals surface area (Å²) in [7, 11) is 0. The number of fused-ring (bicyclic) bond motifs is 2. The van der Waals surface area contributed by atoms with E-state index in [-0.39, 0.29) is 5.97 Å². The molecule has 2 atom stereocenters. The van der Waals surface area contributed by atoms with E-state index in [4.69, 9.17) is 4.74 Å². The van der Waals surface area contributed by atoms with Crippen molar-refractivity contribution in [3.05, 3.63) is 0 Å². The first kappa shape index (κ1) is 10.0. The van der Waals surface area contributed by atoms with Crippen molar-refractivity contribution in [2.45, 2.75) is 51.4 Å². The van der Waals surface area contributed by atoms with Crippen molar-refractivity contribution >= 4 is 5.97 Å². The minimum atomic E-state index is 0.0399. The standard InChI is InChI=1S/C12H20O2/c13-12-8-10-5-3-1-2-4-6-11(7-10)9-14-12/h10-11H,1-9H2. The molecule has 2 heteroatoms. The van der Waals surface area contributed by atoms with Crippen molar-refractivity contribution in [1.29, 1.82) is 0 Å². The van der Waals surface area contributed by atoms with E-state index in [1.807, 2.05) is 0 Å². The van der Waals surface area contributed by atoms with Gasteiger partial charge in [-0.15, -0.1) is 0 Å². The number of esters is 1. The van der Waals surface area contributed by atoms with Gasteiger partial charge in [0.1, 0.15) is 0 Å². The average Bonchev–Trinajstić information content (AvgIpc) is 2.27. The predicted octanol–water partition coefficient (Wildman–Crippen LogP) is 2.91. The maximum absolute atomic E-state index is 11.3. The van der Waals surface area contributed by atoms with Gasteiger partial charge in [0.15, 0.2) is 0 Å². The smallest absolute Gasteiger partial charge is 0.306 e. The van der Waals surface area contributed by atoms with Gasteiger partial charge in [-0.2, -0.15) is 0 Å². The fourth-order valence-electron chi connectivity index (χ4n) is 2.77. The Morgan fingerprint density at radius 2 is 1.71 bits per heavy atom. The Kier molecular flexibility index (Phi) is 3.44. The second kappa shape index (κ2) is 4.81. The minimum Gasteiger partial charge on any atom is -0.465 e. The summed E-state index contributed by atoms with van der Waals surface area (Å²) in [5.74, 6) is 1.32. The second-order valence-electron chi connectivity index (χ2n) is 4.85. The molecule has 1 aliphatic carbocycles. The first-order chi connectivity index (χ1) is 6.84. The lowest BCUT2D eigenvalue weighted by Gasteiger charge is -2.15. The first-order valence-corrected chi connectivity index (χ1v) is 6.00. The maximum atomic E-state index is 11.3. The molecule has 0 N–H and O–H groups in total. The fraction of sp³-hybridized carbons (Fsp3) is 0.917. The van der Waals surface area contributed by atoms with Crippen LogP contribution in [0, 0.1) is 11.8 Å². The fourth-order valence-corrected chi connectivity index (χ4v) is 2.77. The molecule has 2 fully saturated rings. The SMILES string of the molecule is O=C1CC2CCCCCCC(CO1)C2. The Hall–Kier alpha value is -0.530. The second-order valence-corrected chi connectivity index (χ2v) is 4.85. The largest absolute Gasteiger partial charge is 0.465 e. The van der Waals surface area contributed by atoms with E-state index < -0.39 is 0 Å². The number of rotatable bonds is 0. The van der Waals surface area contributed by atoms with Crippen LogP contribution in [-0.4, -0.2) is 12.6 Å². The van der Waals surface area contributed by atoms with Gasteiger partial charge in [-0.05, 0) is 31.1 Å². The van der Waals surface area contributed by atoms with Crippen molar-refractivity contribution in [2.24, 2.45) is 11.8 Å². The average molecular weight is 196 g/mol. The molecule has 1 aliphatic heterocycles. The molecule has 2 nitrogen and oxygen atoms in total. The van der Waals surface area contributed by atoms with Crippen LogP contribution in [0.25, 0.3) is 0 Å². The third kappa shape index (κ3) is 2.73. The molecule has 0 aromatic heterocycles. The Morgan fingerprint density at radius 3 is 2.50 bits per heavy atom. The summed E-state index contributed by atoms with van der Waals surface area (Å²) in [6.07, 6.45) is 9.78. The predicted molar refractivity (Wildman–Crippen MR) is 54.9 cm³/mol. The lowest BCUT2D eigenvalue weighted by Crippen LogP contribution is -2.09. The molecule has 2 bridgehead atoms. The Labute approximate surface area is 86.0 Å². The molecule has 1 saturated heterocycles. The van der Waals surface area contributed by atoms with Crippen molar-refractivity contribution in [3.8, 4) is 0 Å². The third-order valence-electron chi connectivity index (χ3n) is 3.58. The van der Waals surface area contributed by atoms with Gasteiger partial charge in [0.05, 0.1) is 6.61 Å². The summed E-state index contributed by atoms with van der Waals surface area (Å²) in [5, 5.41) is 0. The maximum Gasteiger partial charge on any atom is 0.306 e. The number of hydrogen-bond donors (Lipinski definition) is 0. The normalized spacial score (nSPS) is 34.7. The first-order valence-electron chi connectivity index (χ1n) is 6.00. The van der Waals surface area contributed by atoms with Gasteiger partial charge in [-0.3, -0.25) is 4.79 Å². The van der Waals surface area contributed by atoms with Gasteiger partial charge >= 0.3 is 5.97 Å². The van der Waals surface area contributed by atoms with Gasteiger partial charge in [-0.25, -0.2) is 0 Å². The van der Waals surface area contributed by atoms with Gasteiger partial charge in [0.2, 0.25) is 0 Å². The van der Waals surface area contributed by atoms with E-state index in [9.17, 15) is 4.79 Å². The van der Waals surface area contributed by atoms with Gasteiger partial charge < -0.3 is 4.74 Å². The summed E-state index contributed by atoms with van der Waals surface area (Å²) in [6, 6.07) is 0. The molecule has 1 heterocycles. The molecule has 0 radical (unpaired) electrons.